The van der Waals surface area contributed by atoms with Crippen molar-refractivity contribution in [2.45, 2.75) is 12.5 Å². The Morgan fingerprint density at radius 1 is 1.35 bits per heavy atom. The van der Waals surface area contributed by atoms with Gasteiger partial charge in [-0.25, -0.2) is 4.39 Å². The first kappa shape index (κ1) is 15.5. The molecule has 1 amide bonds. The fourth-order valence-corrected chi connectivity index (χ4v) is 2.51. The van der Waals surface area contributed by atoms with Crippen LogP contribution in [0.5, 0.6) is 0 Å². The molecule has 3 rings (SSSR count). The Morgan fingerprint density at radius 2 is 2.13 bits per heavy atom. The van der Waals surface area contributed by atoms with Crippen LogP contribution < -0.4 is 5.32 Å². The number of H-pyrrole nitrogens is 1. The van der Waals surface area contributed by atoms with Gasteiger partial charge in [0.05, 0.1) is 23.1 Å². The number of aromatic nitrogens is 2. The van der Waals surface area contributed by atoms with E-state index in [1.54, 1.807) is 24.3 Å². The van der Waals surface area contributed by atoms with E-state index in [4.69, 9.17) is 11.6 Å². The number of carbonyl (C=O) groups excluding carboxylic acids is 1. The number of nitrogens with one attached hydrogen (secondary N) is 2. The third-order valence-corrected chi connectivity index (χ3v) is 3.73. The van der Waals surface area contributed by atoms with E-state index in [0.717, 1.165) is 0 Å². The lowest BCUT2D eigenvalue weighted by molar-refractivity contribution is -0.118. The molecule has 0 fully saturated rings. The van der Waals surface area contributed by atoms with Crippen molar-refractivity contribution in [3.63, 3.8) is 0 Å². The number of halogens is 2. The number of rotatable bonds is 4. The molecule has 3 aromatic rings. The van der Waals surface area contributed by atoms with E-state index in [2.05, 4.69) is 15.5 Å². The fourth-order valence-electron chi connectivity index (χ4n) is 2.29. The van der Waals surface area contributed by atoms with Crippen molar-refractivity contribution in [3.8, 4) is 0 Å². The summed E-state index contributed by atoms with van der Waals surface area (Å²) in [6, 6.07) is 10.7. The van der Waals surface area contributed by atoms with Crippen molar-refractivity contribution in [2.75, 3.05) is 5.32 Å². The molecule has 118 valence electrons. The summed E-state index contributed by atoms with van der Waals surface area (Å²) >= 11 is 6.03. The average molecular weight is 334 g/mol. The number of hydrogen-bond acceptors (Lipinski definition) is 3. The number of amides is 1. The summed E-state index contributed by atoms with van der Waals surface area (Å²) in [5, 5.41) is 20.6. The number of aliphatic hydroxyl groups is 1. The first-order valence-electron chi connectivity index (χ1n) is 6.90. The van der Waals surface area contributed by atoms with Crippen LogP contribution in [0.25, 0.3) is 10.9 Å². The molecule has 0 aliphatic heterocycles. The number of aromatic amines is 1. The Bertz CT molecular complexity index is 865. The van der Waals surface area contributed by atoms with E-state index in [0.29, 0.717) is 27.3 Å². The molecule has 7 heteroatoms. The SMILES string of the molecule is O=C(CC(O)c1cccc(F)c1)Nc1n[nH]c2c(Cl)cccc12. The van der Waals surface area contributed by atoms with Gasteiger partial charge in [0.1, 0.15) is 5.82 Å². The summed E-state index contributed by atoms with van der Waals surface area (Å²) < 4.78 is 13.1. The highest BCUT2D eigenvalue weighted by Gasteiger charge is 2.16. The van der Waals surface area contributed by atoms with Crippen LogP contribution in [-0.4, -0.2) is 21.2 Å². The second-order valence-corrected chi connectivity index (χ2v) is 5.46. The summed E-state index contributed by atoms with van der Waals surface area (Å²) in [7, 11) is 0. The summed E-state index contributed by atoms with van der Waals surface area (Å²) in [4.78, 5) is 12.1. The van der Waals surface area contributed by atoms with Crippen molar-refractivity contribution >= 4 is 34.2 Å². The molecule has 0 bridgehead atoms. The highest BCUT2D eigenvalue weighted by molar-refractivity contribution is 6.35. The number of para-hydroxylation sites is 1. The molecule has 23 heavy (non-hydrogen) atoms. The lowest BCUT2D eigenvalue weighted by atomic mass is 10.1. The topological polar surface area (TPSA) is 78.0 Å². The van der Waals surface area contributed by atoms with Crippen LogP contribution in [0.4, 0.5) is 10.2 Å². The number of aliphatic hydroxyl groups excluding tert-OH is 1. The molecule has 0 spiro atoms. The van der Waals surface area contributed by atoms with Crippen molar-refractivity contribution in [3.05, 3.63) is 58.9 Å². The molecular formula is C16H13ClFN3O2. The molecule has 0 saturated heterocycles. The Labute approximate surface area is 136 Å². The number of hydrogen-bond donors (Lipinski definition) is 3. The van der Waals surface area contributed by atoms with Crippen LogP contribution in [-0.2, 0) is 4.79 Å². The molecule has 0 radical (unpaired) electrons. The van der Waals surface area contributed by atoms with Gasteiger partial charge in [-0.2, -0.15) is 5.10 Å². The van der Waals surface area contributed by atoms with Crippen LogP contribution in [0, 0.1) is 5.82 Å². The number of anilines is 1. The van der Waals surface area contributed by atoms with Crippen LogP contribution in [0.2, 0.25) is 5.02 Å². The Kier molecular flexibility index (Phi) is 4.27. The average Bonchev–Trinajstić information content (AvgIpc) is 2.91. The maximum atomic E-state index is 13.1. The monoisotopic (exact) mass is 333 g/mol. The minimum absolute atomic E-state index is 0.210. The minimum Gasteiger partial charge on any atom is -0.388 e. The molecule has 2 aromatic carbocycles. The molecule has 3 N–H and O–H groups in total. The van der Waals surface area contributed by atoms with Crippen molar-refractivity contribution in [1.29, 1.82) is 0 Å². The zero-order valence-corrected chi connectivity index (χ0v) is 12.6. The highest BCUT2D eigenvalue weighted by Crippen LogP contribution is 2.27. The predicted molar refractivity (Wildman–Crippen MR) is 85.7 cm³/mol. The molecule has 0 saturated carbocycles. The van der Waals surface area contributed by atoms with Crippen LogP contribution in [0.15, 0.2) is 42.5 Å². The van der Waals surface area contributed by atoms with Gasteiger partial charge in [-0.05, 0) is 29.8 Å². The van der Waals surface area contributed by atoms with Gasteiger partial charge in [-0.1, -0.05) is 29.8 Å². The largest absolute Gasteiger partial charge is 0.388 e. The quantitative estimate of drug-likeness (QED) is 0.684. The van der Waals surface area contributed by atoms with E-state index in [1.165, 1.54) is 18.2 Å². The zero-order chi connectivity index (χ0) is 16.4. The second-order valence-electron chi connectivity index (χ2n) is 5.06. The van der Waals surface area contributed by atoms with Gasteiger partial charge >= 0.3 is 0 Å². The van der Waals surface area contributed by atoms with Crippen molar-refractivity contribution in [2.24, 2.45) is 0 Å². The summed E-state index contributed by atoms with van der Waals surface area (Å²) in [5.41, 5.74) is 0.963. The molecule has 0 aliphatic carbocycles. The third-order valence-electron chi connectivity index (χ3n) is 3.42. The summed E-state index contributed by atoms with van der Waals surface area (Å²) in [6.45, 7) is 0. The lowest BCUT2D eigenvalue weighted by Crippen LogP contribution is -2.16. The maximum absolute atomic E-state index is 13.1. The van der Waals surface area contributed by atoms with Crippen LogP contribution in [0.3, 0.4) is 0 Å². The van der Waals surface area contributed by atoms with Crippen LogP contribution in [0.1, 0.15) is 18.1 Å². The summed E-state index contributed by atoms with van der Waals surface area (Å²) in [6.07, 6.45) is -1.31. The highest BCUT2D eigenvalue weighted by atomic mass is 35.5. The maximum Gasteiger partial charge on any atom is 0.228 e. The molecule has 1 unspecified atom stereocenters. The Morgan fingerprint density at radius 3 is 2.91 bits per heavy atom. The first-order chi connectivity index (χ1) is 11.0. The number of fused-ring (bicyclic) bond motifs is 1. The van der Waals surface area contributed by atoms with E-state index in [-0.39, 0.29) is 6.42 Å². The van der Waals surface area contributed by atoms with Crippen molar-refractivity contribution < 1.29 is 14.3 Å². The molecule has 1 aromatic heterocycles. The van der Waals surface area contributed by atoms with Gasteiger partial charge < -0.3 is 10.4 Å². The Hall–Kier alpha value is -2.44. The van der Waals surface area contributed by atoms with Gasteiger partial charge in [0.15, 0.2) is 5.82 Å². The molecular weight excluding hydrogens is 321 g/mol. The van der Waals surface area contributed by atoms with Crippen molar-refractivity contribution in [1.82, 2.24) is 10.2 Å². The minimum atomic E-state index is -1.10. The molecule has 0 aliphatic rings. The number of benzene rings is 2. The van der Waals surface area contributed by atoms with Gasteiger partial charge in [-0.3, -0.25) is 9.89 Å². The first-order valence-corrected chi connectivity index (χ1v) is 7.28. The van der Waals surface area contributed by atoms with Gasteiger partial charge in [0.2, 0.25) is 5.91 Å². The smallest absolute Gasteiger partial charge is 0.228 e. The van der Waals surface area contributed by atoms with Gasteiger partial charge in [-0.15, -0.1) is 0 Å². The van der Waals surface area contributed by atoms with E-state index >= 15 is 0 Å². The number of carbonyl (C=O) groups is 1. The Balaban J connectivity index is 1.72. The van der Waals surface area contributed by atoms with E-state index < -0.39 is 17.8 Å². The fraction of sp³-hybridized carbons (Fsp3) is 0.125. The van der Waals surface area contributed by atoms with Gasteiger partial charge in [0, 0.05) is 5.39 Å². The van der Waals surface area contributed by atoms with Gasteiger partial charge in [0.25, 0.3) is 0 Å². The van der Waals surface area contributed by atoms with E-state index in [9.17, 15) is 14.3 Å². The standard InChI is InChI=1S/C16H13ClFN3O2/c17-12-6-2-5-11-15(12)20-21-16(11)19-14(23)8-13(22)9-3-1-4-10(18)7-9/h1-7,13,22H,8H2,(H2,19,20,21,23). The molecule has 1 heterocycles. The molecule has 5 nitrogen and oxygen atoms in total. The normalized spacial score (nSPS) is 12.3. The second kappa shape index (κ2) is 6.36. The predicted octanol–water partition coefficient (Wildman–Crippen LogP) is 3.42. The summed E-state index contributed by atoms with van der Waals surface area (Å²) in [5.74, 6) is -0.566. The third kappa shape index (κ3) is 3.33. The van der Waals surface area contributed by atoms with Crippen LogP contribution >= 0.6 is 11.6 Å². The zero-order valence-electron chi connectivity index (χ0n) is 11.9. The molecule has 1 atom stereocenters. The lowest BCUT2D eigenvalue weighted by Gasteiger charge is -2.10. The van der Waals surface area contributed by atoms with E-state index in [1.807, 2.05) is 0 Å². The number of nitrogens with zero attached hydrogens (tertiary/aromatic N) is 1.